The Kier molecular flexibility index (Phi) is 2.74. The van der Waals surface area contributed by atoms with Gasteiger partial charge in [-0.2, -0.15) is 0 Å². The minimum atomic E-state index is 0.833. The number of aryl methyl sites for hydroxylation is 2. The second-order valence-corrected chi connectivity index (χ2v) is 4.79. The summed E-state index contributed by atoms with van der Waals surface area (Å²) in [6, 6.07) is 8.38. The van der Waals surface area contributed by atoms with Crippen LogP contribution in [0.2, 0.25) is 0 Å². The van der Waals surface area contributed by atoms with Crippen molar-refractivity contribution in [3.63, 3.8) is 0 Å². The number of rotatable bonds is 2. The molecule has 0 spiro atoms. The molecule has 0 amide bonds. The highest BCUT2D eigenvalue weighted by Gasteiger charge is 2.18. The van der Waals surface area contributed by atoms with Crippen LogP contribution in [0.25, 0.3) is 11.4 Å². The molecule has 1 N–H and O–H groups in total. The fourth-order valence-electron chi connectivity index (χ4n) is 2.47. The molecule has 1 aliphatic carbocycles. The summed E-state index contributed by atoms with van der Waals surface area (Å²) in [6.45, 7) is 2.09. The lowest BCUT2D eigenvalue weighted by Crippen LogP contribution is -2.03. The Labute approximate surface area is 107 Å². The van der Waals surface area contributed by atoms with Crippen molar-refractivity contribution in [2.75, 3.05) is 12.4 Å². The largest absolute Gasteiger partial charge is 0.373 e. The summed E-state index contributed by atoms with van der Waals surface area (Å²) in [4.78, 5) is 9.35. The SMILES string of the molecule is CNc1nc(-c2ccc(C)cc2)nc2c1CCC2. The second-order valence-electron chi connectivity index (χ2n) is 4.79. The standard InChI is InChI=1S/C15H17N3/c1-10-6-8-11(9-7-10)14-17-13-5-3-4-12(13)15(16-2)18-14/h6-9H,3-5H2,1-2H3,(H,16,17,18). The highest BCUT2D eigenvalue weighted by molar-refractivity contribution is 5.60. The van der Waals surface area contributed by atoms with Crippen molar-refractivity contribution in [2.24, 2.45) is 0 Å². The van der Waals surface area contributed by atoms with Crippen molar-refractivity contribution in [3.8, 4) is 11.4 Å². The van der Waals surface area contributed by atoms with Crippen molar-refractivity contribution in [1.29, 1.82) is 0 Å². The topological polar surface area (TPSA) is 37.8 Å². The Morgan fingerprint density at radius 2 is 1.83 bits per heavy atom. The molecule has 3 heteroatoms. The van der Waals surface area contributed by atoms with E-state index in [4.69, 9.17) is 4.98 Å². The summed E-state index contributed by atoms with van der Waals surface area (Å²) >= 11 is 0. The van der Waals surface area contributed by atoms with E-state index in [0.29, 0.717) is 0 Å². The molecular weight excluding hydrogens is 222 g/mol. The number of hydrogen-bond acceptors (Lipinski definition) is 3. The van der Waals surface area contributed by atoms with E-state index in [9.17, 15) is 0 Å². The molecule has 0 radical (unpaired) electrons. The van der Waals surface area contributed by atoms with Crippen LogP contribution in [0.15, 0.2) is 24.3 Å². The summed E-state index contributed by atoms with van der Waals surface area (Å²) in [5.41, 5.74) is 4.86. The predicted molar refractivity (Wildman–Crippen MR) is 73.8 cm³/mol. The first-order valence-corrected chi connectivity index (χ1v) is 6.42. The molecule has 1 aliphatic rings. The molecule has 0 unspecified atom stereocenters. The number of nitrogens with zero attached hydrogens (tertiary/aromatic N) is 2. The summed E-state index contributed by atoms with van der Waals surface area (Å²) in [6.07, 6.45) is 3.36. The van der Waals surface area contributed by atoms with Gasteiger partial charge in [0.1, 0.15) is 5.82 Å². The maximum Gasteiger partial charge on any atom is 0.161 e. The third kappa shape index (κ3) is 1.86. The van der Waals surface area contributed by atoms with Crippen LogP contribution in [0.5, 0.6) is 0 Å². The Bertz CT molecular complexity index is 573. The first-order valence-electron chi connectivity index (χ1n) is 6.42. The fraction of sp³-hybridized carbons (Fsp3) is 0.333. The van der Waals surface area contributed by atoms with Gasteiger partial charge in [0.05, 0.1) is 0 Å². The van der Waals surface area contributed by atoms with Gasteiger partial charge in [0, 0.05) is 23.9 Å². The van der Waals surface area contributed by atoms with Crippen LogP contribution in [0.4, 0.5) is 5.82 Å². The fourth-order valence-corrected chi connectivity index (χ4v) is 2.47. The van der Waals surface area contributed by atoms with Crippen LogP contribution in [-0.4, -0.2) is 17.0 Å². The van der Waals surface area contributed by atoms with Crippen LogP contribution in [0.3, 0.4) is 0 Å². The highest BCUT2D eigenvalue weighted by Crippen LogP contribution is 2.28. The molecule has 0 bridgehead atoms. The lowest BCUT2D eigenvalue weighted by Gasteiger charge is -2.09. The van der Waals surface area contributed by atoms with Gasteiger partial charge in [-0.25, -0.2) is 9.97 Å². The molecule has 0 saturated heterocycles. The van der Waals surface area contributed by atoms with E-state index in [1.807, 2.05) is 7.05 Å². The van der Waals surface area contributed by atoms with E-state index in [0.717, 1.165) is 30.0 Å². The molecule has 1 aromatic heterocycles. The van der Waals surface area contributed by atoms with Gasteiger partial charge in [0.25, 0.3) is 0 Å². The summed E-state index contributed by atoms with van der Waals surface area (Å²) in [7, 11) is 1.93. The number of nitrogens with one attached hydrogen (secondary N) is 1. The first-order chi connectivity index (χ1) is 8.78. The van der Waals surface area contributed by atoms with Crippen LogP contribution < -0.4 is 5.32 Å². The number of aromatic nitrogens is 2. The lowest BCUT2D eigenvalue weighted by molar-refractivity contribution is 0.900. The average Bonchev–Trinajstić information content (AvgIpc) is 2.86. The second kappa shape index (κ2) is 4.41. The first kappa shape index (κ1) is 11.2. The quantitative estimate of drug-likeness (QED) is 0.875. The number of fused-ring (bicyclic) bond motifs is 1. The molecule has 92 valence electrons. The van der Waals surface area contributed by atoms with E-state index in [-0.39, 0.29) is 0 Å². The average molecular weight is 239 g/mol. The van der Waals surface area contributed by atoms with E-state index in [1.165, 1.54) is 23.2 Å². The van der Waals surface area contributed by atoms with E-state index < -0.39 is 0 Å². The summed E-state index contributed by atoms with van der Waals surface area (Å²) in [5.74, 6) is 1.83. The van der Waals surface area contributed by atoms with Gasteiger partial charge >= 0.3 is 0 Å². The molecule has 0 aliphatic heterocycles. The zero-order chi connectivity index (χ0) is 12.5. The normalized spacial score (nSPS) is 13.4. The minimum Gasteiger partial charge on any atom is -0.373 e. The summed E-state index contributed by atoms with van der Waals surface area (Å²) in [5, 5.41) is 3.20. The van der Waals surface area contributed by atoms with Gasteiger partial charge in [0.15, 0.2) is 5.82 Å². The molecular formula is C15H17N3. The zero-order valence-electron chi connectivity index (χ0n) is 10.8. The van der Waals surface area contributed by atoms with Crippen molar-refractivity contribution >= 4 is 5.82 Å². The Balaban J connectivity index is 2.10. The van der Waals surface area contributed by atoms with Crippen LogP contribution in [0.1, 0.15) is 23.2 Å². The van der Waals surface area contributed by atoms with Gasteiger partial charge in [-0.1, -0.05) is 29.8 Å². The molecule has 3 nitrogen and oxygen atoms in total. The minimum absolute atomic E-state index is 0.833. The number of benzene rings is 1. The molecule has 18 heavy (non-hydrogen) atoms. The Morgan fingerprint density at radius 3 is 2.56 bits per heavy atom. The van der Waals surface area contributed by atoms with Gasteiger partial charge in [-0.3, -0.25) is 0 Å². The Hall–Kier alpha value is -1.90. The monoisotopic (exact) mass is 239 g/mol. The number of hydrogen-bond donors (Lipinski definition) is 1. The van der Waals surface area contributed by atoms with E-state index in [1.54, 1.807) is 0 Å². The third-order valence-corrected chi connectivity index (χ3v) is 3.48. The predicted octanol–water partition coefficient (Wildman–Crippen LogP) is 2.98. The van der Waals surface area contributed by atoms with E-state index in [2.05, 4.69) is 41.5 Å². The van der Waals surface area contributed by atoms with Crippen molar-refractivity contribution in [2.45, 2.75) is 26.2 Å². The third-order valence-electron chi connectivity index (χ3n) is 3.48. The smallest absolute Gasteiger partial charge is 0.161 e. The number of anilines is 1. The molecule has 1 heterocycles. The van der Waals surface area contributed by atoms with Gasteiger partial charge < -0.3 is 5.32 Å². The molecule has 0 atom stereocenters. The van der Waals surface area contributed by atoms with Gasteiger partial charge in [-0.15, -0.1) is 0 Å². The maximum atomic E-state index is 4.71. The lowest BCUT2D eigenvalue weighted by atomic mass is 10.1. The van der Waals surface area contributed by atoms with Crippen molar-refractivity contribution in [1.82, 2.24) is 9.97 Å². The van der Waals surface area contributed by atoms with E-state index >= 15 is 0 Å². The highest BCUT2D eigenvalue weighted by atomic mass is 15.0. The van der Waals surface area contributed by atoms with Gasteiger partial charge in [0.2, 0.25) is 0 Å². The van der Waals surface area contributed by atoms with Crippen LogP contribution >= 0.6 is 0 Å². The van der Waals surface area contributed by atoms with Crippen LogP contribution in [0, 0.1) is 6.92 Å². The molecule has 1 aromatic carbocycles. The van der Waals surface area contributed by atoms with Crippen molar-refractivity contribution in [3.05, 3.63) is 41.1 Å². The van der Waals surface area contributed by atoms with Crippen LogP contribution in [-0.2, 0) is 12.8 Å². The molecule has 3 rings (SSSR count). The molecule has 0 saturated carbocycles. The van der Waals surface area contributed by atoms with Gasteiger partial charge in [-0.05, 0) is 26.2 Å². The summed E-state index contributed by atoms with van der Waals surface area (Å²) < 4.78 is 0. The molecule has 2 aromatic rings. The molecule has 0 fully saturated rings. The Morgan fingerprint density at radius 1 is 1.06 bits per heavy atom. The zero-order valence-corrected chi connectivity index (χ0v) is 10.8. The maximum absolute atomic E-state index is 4.71. The van der Waals surface area contributed by atoms with Crippen molar-refractivity contribution < 1.29 is 0 Å².